The summed E-state index contributed by atoms with van der Waals surface area (Å²) in [5.41, 5.74) is 2.21. The summed E-state index contributed by atoms with van der Waals surface area (Å²) in [4.78, 5) is 4.40. The second kappa shape index (κ2) is 5.38. The molecule has 0 spiro atoms. The lowest BCUT2D eigenvalue weighted by atomic mass is 10.3. The number of hydrogen-bond acceptors (Lipinski definition) is 6. The monoisotopic (exact) mass is 328 g/mol. The summed E-state index contributed by atoms with van der Waals surface area (Å²) in [7, 11) is 2.00. The minimum absolute atomic E-state index is 0.00849. The topological polar surface area (TPSA) is 74.0 Å². The van der Waals surface area contributed by atoms with E-state index in [0.717, 1.165) is 34.2 Å². The van der Waals surface area contributed by atoms with E-state index in [1.807, 2.05) is 37.6 Å². The molecule has 7 nitrogen and oxygen atoms in total. The van der Waals surface area contributed by atoms with Crippen molar-refractivity contribution in [3.8, 4) is 0 Å². The van der Waals surface area contributed by atoms with Crippen LogP contribution in [-0.4, -0.2) is 29.3 Å². The fourth-order valence-electron chi connectivity index (χ4n) is 2.60. The predicted octanol–water partition coefficient (Wildman–Crippen LogP) is 3.02. The van der Waals surface area contributed by atoms with Crippen molar-refractivity contribution in [2.75, 3.05) is 0 Å². The van der Waals surface area contributed by atoms with Gasteiger partial charge >= 0.3 is 0 Å². The van der Waals surface area contributed by atoms with Gasteiger partial charge in [-0.3, -0.25) is 4.40 Å². The van der Waals surface area contributed by atoms with Gasteiger partial charge in [0, 0.05) is 13.5 Å². The van der Waals surface area contributed by atoms with Gasteiger partial charge in [0.1, 0.15) is 0 Å². The minimum atomic E-state index is 0.00849. The second-order valence-corrected chi connectivity index (χ2v) is 6.64. The first kappa shape index (κ1) is 14.3. The zero-order valence-electron chi connectivity index (χ0n) is 13.1. The Morgan fingerprint density at radius 3 is 2.74 bits per heavy atom. The summed E-state index contributed by atoms with van der Waals surface area (Å²) >= 11 is 1.56. The number of hydrogen-bond donors (Lipinski definition) is 0. The third-order valence-corrected chi connectivity index (χ3v) is 4.86. The van der Waals surface area contributed by atoms with Crippen LogP contribution >= 0.6 is 11.8 Å². The molecule has 0 N–H and O–H groups in total. The Hall–Kier alpha value is -2.35. The first-order chi connectivity index (χ1) is 11.2. The van der Waals surface area contributed by atoms with Gasteiger partial charge in [-0.25, -0.2) is 0 Å². The SMILES string of the molecule is CCc1noc([C@H](C)Sc2nnc3n(C)c4ccccc4n23)n1. The molecule has 0 saturated heterocycles. The Bertz CT molecular complexity index is 985. The van der Waals surface area contributed by atoms with Crippen molar-refractivity contribution in [2.45, 2.75) is 30.7 Å². The second-order valence-electron chi connectivity index (χ2n) is 5.33. The highest BCUT2D eigenvalue weighted by molar-refractivity contribution is 7.99. The number of aromatic nitrogens is 6. The van der Waals surface area contributed by atoms with Crippen LogP contribution in [0.2, 0.25) is 0 Å². The van der Waals surface area contributed by atoms with Crippen LogP contribution in [0, 0.1) is 0 Å². The number of fused-ring (bicyclic) bond motifs is 3. The number of para-hydroxylation sites is 2. The van der Waals surface area contributed by atoms with Crippen molar-refractivity contribution in [3.05, 3.63) is 36.0 Å². The van der Waals surface area contributed by atoms with Gasteiger partial charge in [-0.2, -0.15) is 4.98 Å². The molecule has 4 rings (SSSR count). The molecule has 1 aromatic carbocycles. The highest BCUT2D eigenvalue weighted by Crippen LogP contribution is 2.34. The maximum atomic E-state index is 5.33. The largest absolute Gasteiger partial charge is 0.338 e. The molecule has 0 amide bonds. The average Bonchev–Trinajstić information content (AvgIpc) is 3.26. The van der Waals surface area contributed by atoms with Gasteiger partial charge in [0.05, 0.1) is 16.3 Å². The van der Waals surface area contributed by atoms with Crippen LogP contribution in [0.5, 0.6) is 0 Å². The third kappa shape index (κ3) is 2.21. The minimum Gasteiger partial charge on any atom is -0.338 e. The lowest BCUT2D eigenvalue weighted by Crippen LogP contribution is -1.93. The maximum Gasteiger partial charge on any atom is 0.239 e. The van der Waals surface area contributed by atoms with Crippen LogP contribution in [0.25, 0.3) is 16.8 Å². The molecule has 4 aromatic rings. The first-order valence-electron chi connectivity index (χ1n) is 7.46. The number of aryl methyl sites for hydroxylation is 2. The van der Waals surface area contributed by atoms with Crippen LogP contribution in [0.1, 0.15) is 30.8 Å². The molecule has 1 atom stereocenters. The summed E-state index contributed by atoms with van der Waals surface area (Å²) in [6.07, 6.45) is 0.763. The van der Waals surface area contributed by atoms with Crippen molar-refractivity contribution < 1.29 is 4.52 Å². The van der Waals surface area contributed by atoms with E-state index in [2.05, 4.69) is 36.9 Å². The normalized spacial score (nSPS) is 13.2. The molecule has 23 heavy (non-hydrogen) atoms. The molecule has 3 aromatic heterocycles. The van der Waals surface area contributed by atoms with Gasteiger partial charge in [-0.05, 0) is 19.1 Å². The van der Waals surface area contributed by atoms with Gasteiger partial charge in [-0.1, -0.05) is 36.0 Å². The Kier molecular flexibility index (Phi) is 3.33. The summed E-state index contributed by atoms with van der Waals surface area (Å²) in [6.45, 7) is 4.04. The molecule has 0 saturated carbocycles. The number of rotatable bonds is 4. The molecule has 118 valence electrons. The van der Waals surface area contributed by atoms with Crippen LogP contribution in [0.15, 0.2) is 33.9 Å². The average molecular weight is 328 g/mol. The van der Waals surface area contributed by atoms with E-state index in [9.17, 15) is 0 Å². The third-order valence-electron chi connectivity index (χ3n) is 3.83. The van der Waals surface area contributed by atoms with Gasteiger partial charge in [0.2, 0.25) is 11.7 Å². The molecular formula is C15H16N6OS. The van der Waals surface area contributed by atoms with Crippen LogP contribution in [-0.2, 0) is 13.5 Å². The molecule has 0 aliphatic rings. The molecular weight excluding hydrogens is 312 g/mol. The van der Waals surface area contributed by atoms with E-state index in [4.69, 9.17) is 4.52 Å². The summed E-state index contributed by atoms with van der Waals surface area (Å²) in [5, 5.41) is 13.4. The Balaban J connectivity index is 1.75. The number of thioether (sulfide) groups is 1. The zero-order chi connectivity index (χ0) is 16.0. The van der Waals surface area contributed by atoms with Gasteiger partial charge in [0.15, 0.2) is 11.0 Å². The van der Waals surface area contributed by atoms with Gasteiger partial charge in [0.25, 0.3) is 0 Å². The Morgan fingerprint density at radius 1 is 1.22 bits per heavy atom. The standard InChI is InChI=1S/C15H16N6OS/c1-4-12-16-13(22-19-12)9(2)23-15-18-17-14-20(3)10-7-5-6-8-11(10)21(14)15/h5-9H,4H2,1-3H3/t9-/m0/s1. The zero-order valence-corrected chi connectivity index (χ0v) is 13.9. The predicted molar refractivity (Wildman–Crippen MR) is 87.4 cm³/mol. The quantitative estimate of drug-likeness (QED) is 0.536. The van der Waals surface area contributed by atoms with Crippen molar-refractivity contribution in [1.82, 2.24) is 29.3 Å². The lowest BCUT2D eigenvalue weighted by Gasteiger charge is -2.03. The van der Waals surface area contributed by atoms with Crippen LogP contribution < -0.4 is 0 Å². The Morgan fingerprint density at radius 2 is 2.00 bits per heavy atom. The van der Waals surface area contributed by atoms with E-state index in [0.29, 0.717) is 5.89 Å². The molecule has 0 radical (unpaired) electrons. The van der Waals surface area contributed by atoms with E-state index in [1.165, 1.54) is 0 Å². The number of imidazole rings is 1. The molecule has 3 heterocycles. The Labute approximate surface area is 136 Å². The van der Waals surface area contributed by atoms with Gasteiger partial charge < -0.3 is 9.09 Å². The fourth-order valence-corrected chi connectivity index (χ4v) is 3.48. The van der Waals surface area contributed by atoms with Crippen molar-refractivity contribution in [1.29, 1.82) is 0 Å². The molecule has 0 aliphatic heterocycles. The molecule has 0 fully saturated rings. The van der Waals surface area contributed by atoms with Crippen molar-refractivity contribution in [3.63, 3.8) is 0 Å². The lowest BCUT2D eigenvalue weighted by molar-refractivity contribution is 0.375. The maximum absolute atomic E-state index is 5.33. The highest BCUT2D eigenvalue weighted by atomic mass is 32.2. The first-order valence-corrected chi connectivity index (χ1v) is 8.34. The van der Waals surface area contributed by atoms with E-state index in [-0.39, 0.29) is 5.25 Å². The number of nitrogens with zero attached hydrogens (tertiary/aromatic N) is 6. The summed E-state index contributed by atoms with van der Waals surface area (Å²) in [5.74, 6) is 2.16. The molecule has 0 unspecified atom stereocenters. The summed E-state index contributed by atoms with van der Waals surface area (Å²) in [6, 6.07) is 8.19. The van der Waals surface area contributed by atoms with E-state index >= 15 is 0 Å². The number of benzene rings is 1. The molecule has 0 bridgehead atoms. The van der Waals surface area contributed by atoms with Crippen molar-refractivity contribution in [2.24, 2.45) is 7.05 Å². The van der Waals surface area contributed by atoms with Crippen molar-refractivity contribution >= 4 is 28.6 Å². The van der Waals surface area contributed by atoms with Gasteiger partial charge in [-0.15, -0.1) is 10.2 Å². The summed E-state index contributed by atoms with van der Waals surface area (Å²) < 4.78 is 9.43. The van der Waals surface area contributed by atoms with E-state index in [1.54, 1.807) is 11.8 Å². The fraction of sp³-hybridized carbons (Fsp3) is 0.333. The highest BCUT2D eigenvalue weighted by Gasteiger charge is 2.21. The molecule has 8 heteroatoms. The van der Waals surface area contributed by atoms with Crippen LogP contribution in [0.4, 0.5) is 0 Å². The smallest absolute Gasteiger partial charge is 0.239 e. The van der Waals surface area contributed by atoms with Crippen LogP contribution in [0.3, 0.4) is 0 Å². The van der Waals surface area contributed by atoms with E-state index < -0.39 is 0 Å². The molecule has 0 aliphatic carbocycles.